The average molecular weight is 257 g/mol. The van der Waals surface area contributed by atoms with Crippen LogP contribution in [0.25, 0.3) is 11.4 Å². The number of rotatable bonds is 6. The first kappa shape index (κ1) is 13.4. The topological polar surface area (TPSA) is 55.6 Å². The third-order valence-corrected chi connectivity index (χ3v) is 2.61. The predicted octanol–water partition coefficient (Wildman–Crippen LogP) is 1.89. The minimum Gasteiger partial charge on any atom is -0.311 e. The van der Waals surface area contributed by atoms with E-state index in [1.807, 2.05) is 30.3 Å². The molecule has 5 nitrogen and oxygen atoms in total. The molecule has 0 bridgehead atoms. The number of hydrogen-bond donors (Lipinski definition) is 1. The SMILES string of the molecule is C=C(CNC(C)C)Cn1nnc(-c2ccccc2)n1. The first-order valence-corrected chi connectivity index (χ1v) is 6.38. The van der Waals surface area contributed by atoms with Gasteiger partial charge in [0.1, 0.15) is 0 Å². The number of aromatic nitrogens is 4. The Morgan fingerprint density at radius 1 is 1.32 bits per heavy atom. The highest BCUT2D eigenvalue weighted by Crippen LogP contribution is 2.11. The summed E-state index contributed by atoms with van der Waals surface area (Å²) in [5, 5.41) is 15.8. The first-order chi connectivity index (χ1) is 9.15. The normalized spacial score (nSPS) is 10.9. The van der Waals surface area contributed by atoms with Crippen LogP contribution in [0.4, 0.5) is 0 Å². The fraction of sp³-hybridized carbons (Fsp3) is 0.357. The highest BCUT2D eigenvalue weighted by atomic mass is 15.6. The van der Waals surface area contributed by atoms with Gasteiger partial charge in [0.2, 0.25) is 5.82 Å². The van der Waals surface area contributed by atoms with Crippen molar-refractivity contribution in [2.75, 3.05) is 6.54 Å². The van der Waals surface area contributed by atoms with Crippen molar-refractivity contribution >= 4 is 0 Å². The zero-order valence-electron chi connectivity index (χ0n) is 11.4. The van der Waals surface area contributed by atoms with Crippen LogP contribution >= 0.6 is 0 Å². The van der Waals surface area contributed by atoms with Crippen molar-refractivity contribution in [2.45, 2.75) is 26.4 Å². The lowest BCUT2D eigenvalue weighted by atomic mass is 10.2. The third-order valence-electron chi connectivity index (χ3n) is 2.61. The molecule has 0 fully saturated rings. The average Bonchev–Trinajstić information content (AvgIpc) is 2.86. The van der Waals surface area contributed by atoms with E-state index >= 15 is 0 Å². The Kier molecular flexibility index (Phi) is 4.41. The maximum atomic E-state index is 4.35. The van der Waals surface area contributed by atoms with E-state index in [2.05, 4.69) is 41.2 Å². The van der Waals surface area contributed by atoms with Gasteiger partial charge in [-0.3, -0.25) is 0 Å². The summed E-state index contributed by atoms with van der Waals surface area (Å²) in [6, 6.07) is 10.3. The van der Waals surface area contributed by atoms with Crippen LogP contribution in [0.3, 0.4) is 0 Å². The fourth-order valence-electron chi connectivity index (χ4n) is 1.62. The van der Waals surface area contributed by atoms with Crippen molar-refractivity contribution in [1.82, 2.24) is 25.5 Å². The van der Waals surface area contributed by atoms with Gasteiger partial charge in [-0.1, -0.05) is 50.8 Å². The summed E-state index contributed by atoms with van der Waals surface area (Å²) in [6.45, 7) is 9.57. The summed E-state index contributed by atoms with van der Waals surface area (Å²) in [5.41, 5.74) is 2.00. The van der Waals surface area contributed by atoms with Gasteiger partial charge in [-0.25, -0.2) is 0 Å². The second kappa shape index (κ2) is 6.24. The van der Waals surface area contributed by atoms with Crippen LogP contribution in [0, 0.1) is 0 Å². The van der Waals surface area contributed by atoms with E-state index in [1.165, 1.54) is 0 Å². The van der Waals surface area contributed by atoms with Crippen molar-refractivity contribution in [3.63, 3.8) is 0 Å². The third kappa shape index (κ3) is 3.99. The number of tetrazole rings is 1. The Hall–Kier alpha value is -2.01. The number of benzene rings is 1. The van der Waals surface area contributed by atoms with Crippen molar-refractivity contribution in [1.29, 1.82) is 0 Å². The molecule has 0 atom stereocenters. The molecule has 5 heteroatoms. The molecule has 2 aromatic rings. The standard InChI is InChI=1S/C14H19N5/c1-11(2)15-9-12(3)10-19-17-14(16-18-19)13-7-5-4-6-8-13/h4-8,11,15H,3,9-10H2,1-2H3. The van der Waals surface area contributed by atoms with Gasteiger partial charge in [-0.15, -0.1) is 10.2 Å². The zero-order chi connectivity index (χ0) is 13.7. The molecule has 1 aromatic carbocycles. The van der Waals surface area contributed by atoms with Crippen LogP contribution in [0.1, 0.15) is 13.8 Å². The Morgan fingerprint density at radius 3 is 2.74 bits per heavy atom. The summed E-state index contributed by atoms with van der Waals surface area (Å²) >= 11 is 0. The van der Waals surface area contributed by atoms with E-state index in [0.29, 0.717) is 18.4 Å². The van der Waals surface area contributed by atoms with Crippen molar-refractivity contribution in [3.8, 4) is 11.4 Å². The van der Waals surface area contributed by atoms with Crippen molar-refractivity contribution < 1.29 is 0 Å². The minimum atomic E-state index is 0.445. The molecule has 0 aliphatic heterocycles. The van der Waals surface area contributed by atoms with Crippen LogP contribution in [0.15, 0.2) is 42.5 Å². The lowest BCUT2D eigenvalue weighted by molar-refractivity contribution is 0.539. The van der Waals surface area contributed by atoms with Crippen molar-refractivity contribution in [2.24, 2.45) is 0 Å². The second-order valence-electron chi connectivity index (χ2n) is 4.80. The van der Waals surface area contributed by atoms with E-state index in [9.17, 15) is 0 Å². The molecule has 1 heterocycles. The second-order valence-corrected chi connectivity index (χ2v) is 4.80. The van der Waals surface area contributed by atoms with Gasteiger partial charge in [0.15, 0.2) is 0 Å². The van der Waals surface area contributed by atoms with Gasteiger partial charge in [-0.05, 0) is 10.8 Å². The molecule has 0 unspecified atom stereocenters. The molecule has 1 aromatic heterocycles. The molecule has 2 rings (SSSR count). The molecule has 19 heavy (non-hydrogen) atoms. The van der Waals surface area contributed by atoms with E-state index < -0.39 is 0 Å². The highest BCUT2D eigenvalue weighted by Gasteiger charge is 2.06. The number of nitrogens with one attached hydrogen (secondary N) is 1. The van der Waals surface area contributed by atoms with Crippen LogP contribution < -0.4 is 5.32 Å². The summed E-state index contributed by atoms with van der Waals surface area (Å²) < 4.78 is 0. The molecule has 1 N–H and O–H groups in total. The van der Waals surface area contributed by atoms with Gasteiger partial charge in [-0.2, -0.15) is 4.80 Å². The molecule has 0 radical (unpaired) electrons. The summed E-state index contributed by atoms with van der Waals surface area (Å²) in [7, 11) is 0. The van der Waals surface area contributed by atoms with Gasteiger partial charge < -0.3 is 5.32 Å². The van der Waals surface area contributed by atoms with Gasteiger partial charge in [0.25, 0.3) is 0 Å². The quantitative estimate of drug-likeness (QED) is 0.803. The summed E-state index contributed by atoms with van der Waals surface area (Å²) in [5.74, 6) is 0.644. The molecule has 0 amide bonds. The molecule has 0 aliphatic carbocycles. The maximum Gasteiger partial charge on any atom is 0.204 e. The van der Waals surface area contributed by atoms with E-state index in [4.69, 9.17) is 0 Å². The van der Waals surface area contributed by atoms with Gasteiger partial charge in [0, 0.05) is 18.2 Å². The largest absolute Gasteiger partial charge is 0.311 e. The monoisotopic (exact) mass is 257 g/mol. The van der Waals surface area contributed by atoms with E-state index in [0.717, 1.165) is 17.7 Å². The van der Waals surface area contributed by atoms with Crippen LogP contribution in [0.5, 0.6) is 0 Å². The zero-order valence-corrected chi connectivity index (χ0v) is 11.4. The number of hydrogen-bond acceptors (Lipinski definition) is 4. The smallest absolute Gasteiger partial charge is 0.204 e. The molecule has 0 saturated heterocycles. The van der Waals surface area contributed by atoms with Crippen LogP contribution in [-0.2, 0) is 6.54 Å². The van der Waals surface area contributed by atoms with Crippen LogP contribution in [-0.4, -0.2) is 32.8 Å². The van der Waals surface area contributed by atoms with Crippen molar-refractivity contribution in [3.05, 3.63) is 42.5 Å². The van der Waals surface area contributed by atoms with E-state index in [-0.39, 0.29) is 0 Å². The Morgan fingerprint density at radius 2 is 2.05 bits per heavy atom. The van der Waals surface area contributed by atoms with E-state index in [1.54, 1.807) is 4.80 Å². The molecular weight excluding hydrogens is 238 g/mol. The Bertz CT molecular complexity index is 530. The minimum absolute atomic E-state index is 0.445. The maximum absolute atomic E-state index is 4.35. The summed E-state index contributed by atoms with van der Waals surface area (Å²) in [6.07, 6.45) is 0. The number of nitrogens with zero attached hydrogens (tertiary/aromatic N) is 4. The van der Waals surface area contributed by atoms with Gasteiger partial charge in [0.05, 0.1) is 6.54 Å². The lowest BCUT2D eigenvalue weighted by Crippen LogP contribution is -2.26. The Labute approximate surface area is 113 Å². The molecule has 0 aliphatic rings. The summed E-state index contributed by atoms with van der Waals surface area (Å²) in [4.78, 5) is 1.58. The molecule has 0 spiro atoms. The highest BCUT2D eigenvalue weighted by molar-refractivity contribution is 5.52. The molecule has 100 valence electrons. The molecule has 0 saturated carbocycles. The Balaban J connectivity index is 1.96. The van der Waals surface area contributed by atoms with Crippen LogP contribution in [0.2, 0.25) is 0 Å². The van der Waals surface area contributed by atoms with Gasteiger partial charge >= 0.3 is 0 Å². The lowest BCUT2D eigenvalue weighted by Gasteiger charge is -2.09. The molecular formula is C14H19N5. The predicted molar refractivity (Wildman–Crippen MR) is 75.5 cm³/mol. The first-order valence-electron chi connectivity index (χ1n) is 6.38. The fourth-order valence-corrected chi connectivity index (χ4v) is 1.62.